The van der Waals surface area contributed by atoms with Crippen LogP contribution in [0.2, 0.25) is 0 Å². The van der Waals surface area contributed by atoms with Crippen molar-refractivity contribution in [3.63, 3.8) is 0 Å². The molecule has 7 heteroatoms. The minimum atomic E-state index is -2.14. The predicted octanol–water partition coefficient (Wildman–Crippen LogP) is -2.11. The van der Waals surface area contributed by atoms with Crippen LogP contribution >= 0.6 is 0 Å². The first-order chi connectivity index (χ1) is 6.00. The quantitative estimate of drug-likeness (QED) is 0.381. The van der Waals surface area contributed by atoms with Gasteiger partial charge in [-0.3, -0.25) is 0 Å². The van der Waals surface area contributed by atoms with Crippen LogP contribution in [0.5, 0.6) is 0 Å². The van der Waals surface area contributed by atoms with Crippen LogP contribution in [-0.2, 0) is 14.3 Å². The van der Waals surface area contributed by atoms with Gasteiger partial charge in [0.1, 0.15) is 0 Å². The Labute approximate surface area is 73.2 Å². The summed E-state index contributed by atoms with van der Waals surface area (Å²) in [5.41, 5.74) is 0. The van der Waals surface area contributed by atoms with Gasteiger partial charge in [0.15, 0.2) is 12.2 Å². The van der Waals surface area contributed by atoms with Crippen LogP contribution in [-0.4, -0.2) is 57.8 Å². The monoisotopic (exact) mass is 194 g/mol. The summed E-state index contributed by atoms with van der Waals surface area (Å²) in [6.07, 6.45) is -3.99. The largest absolute Gasteiger partial charge is 0.479 e. The molecule has 0 rings (SSSR count). The molecule has 0 saturated carbocycles. The van der Waals surface area contributed by atoms with E-state index in [4.69, 9.17) is 20.4 Å². The molecule has 4 N–H and O–H groups in total. The average Bonchev–Trinajstić information content (AvgIpc) is 2.04. The second-order valence-corrected chi connectivity index (χ2v) is 2.14. The predicted molar refractivity (Wildman–Crippen MR) is 38.1 cm³/mol. The van der Waals surface area contributed by atoms with E-state index in [-0.39, 0.29) is 6.61 Å². The first kappa shape index (κ1) is 11.8. The summed E-state index contributed by atoms with van der Waals surface area (Å²) in [6, 6.07) is 0. The Hall–Kier alpha value is -1.18. The van der Waals surface area contributed by atoms with Crippen molar-refractivity contribution in [2.45, 2.75) is 12.2 Å². The van der Waals surface area contributed by atoms with Gasteiger partial charge in [0.05, 0.1) is 13.2 Å². The number of carboxylic acids is 2. The number of aliphatic carboxylic acids is 2. The van der Waals surface area contributed by atoms with E-state index in [9.17, 15) is 9.59 Å². The maximum atomic E-state index is 10.3. The number of aliphatic hydroxyl groups is 2. The smallest absolute Gasteiger partial charge is 0.336 e. The molecule has 2 atom stereocenters. The van der Waals surface area contributed by atoms with Gasteiger partial charge >= 0.3 is 11.9 Å². The zero-order valence-electron chi connectivity index (χ0n) is 6.58. The van der Waals surface area contributed by atoms with Crippen molar-refractivity contribution in [1.29, 1.82) is 0 Å². The lowest BCUT2D eigenvalue weighted by Crippen LogP contribution is -2.42. The third kappa shape index (κ3) is 3.83. The van der Waals surface area contributed by atoms with Gasteiger partial charge in [-0.15, -0.1) is 0 Å². The SMILES string of the molecule is O=C(O)C(O)C(OCCO)C(=O)O. The average molecular weight is 194 g/mol. The zero-order valence-corrected chi connectivity index (χ0v) is 6.58. The Morgan fingerprint density at radius 3 is 2.08 bits per heavy atom. The van der Waals surface area contributed by atoms with E-state index in [0.29, 0.717) is 0 Å². The van der Waals surface area contributed by atoms with Crippen molar-refractivity contribution in [1.82, 2.24) is 0 Å². The highest BCUT2D eigenvalue weighted by Gasteiger charge is 2.32. The number of hydrogen-bond acceptors (Lipinski definition) is 5. The van der Waals surface area contributed by atoms with E-state index in [1.54, 1.807) is 0 Å². The molecule has 2 unspecified atom stereocenters. The van der Waals surface area contributed by atoms with Gasteiger partial charge in [0.2, 0.25) is 0 Å². The molecule has 0 aromatic rings. The summed E-state index contributed by atoms with van der Waals surface area (Å²) in [7, 11) is 0. The molecule has 7 nitrogen and oxygen atoms in total. The van der Waals surface area contributed by atoms with E-state index < -0.39 is 30.8 Å². The lowest BCUT2D eigenvalue weighted by molar-refractivity contribution is -0.171. The molecule has 0 aliphatic heterocycles. The van der Waals surface area contributed by atoms with Crippen LogP contribution in [0.1, 0.15) is 0 Å². The summed E-state index contributed by atoms with van der Waals surface area (Å²) >= 11 is 0. The van der Waals surface area contributed by atoms with E-state index >= 15 is 0 Å². The second kappa shape index (κ2) is 5.46. The van der Waals surface area contributed by atoms with Gasteiger partial charge in [-0.05, 0) is 0 Å². The molecule has 0 heterocycles. The Bertz CT molecular complexity index is 189. The van der Waals surface area contributed by atoms with Crippen molar-refractivity contribution in [2.24, 2.45) is 0 Å². The summed E-state index contributed by atoms with van der Waals surface area (Å²) in [5.74, 6) is -3.28. The fourth-order valence-electron chi connectivity index (χ4n) is 0.607. The van der Waals surface area contributed by atoms with Gasteiger partial charge in [-0.2, -0.15) is 0 Å². The minimum absolute atomic E-state index is 0.346. The molecule has 0 aliphatic rings. The van der Waals surface area contributed by atoms with E-state index in [0.717, 1.165) is 0 Å². The molecule has 0 aliphatic carbocycles. The number of carbonyl (C=O) groups is 2. The van der Waals surface area contributed by atoms with Gasteiger partial charge < -0.3 is 25.2 Å². The first-order valence-corrected chi connectivity index (χ1v) is 3.36. The molecule has 0 fully saturated rings. The Balaban J connectivity index is 4.24. The van der Waals surface area contributed by atoms with Crippen LogP contribution in [0.4, 0.5) is 0 Å². The molecule has 13 heavy (non-hydrogen) atoms. The highest BCUT2D eigenvalue weighted by atomic mass is 16.5. The van der Waals surface area contributed by atoms with Crippen molar-refractivity contribution in [3.8, 4) is 0 Å². The molecular weight excluding hydrogens is 184 g/mol. The van der Waals surface area contributed by atoms with Crippen molar-refractivity contribution in [2.75, 3.05) is 13.2 Å². The highest BCUT2D eigenvalue weighted by molar-refractivity contribution is 5.83. The third-order valence-corrected chi connectivity index (χ3v) is 1.17. The van der Waals surface area contributed by atoms with Crippen LogP contribution in [0.15, 0.2) is 0 Å². The van der Waals surface area contributed by atoms with Crippen LogP contribution in [0.25, 0.3) is 0 Å². The Kier molecular flexibility index (Phi) is 4.97. The Morgan fingerprint density at radius 1 is 1.23 bits per heavy atom. The van der Waals surface area contributed by atoms with E-state index in [2.05, 4.69) is 4.74 Å². The molecule has 0 aromatic heterocycles. The van der Waals surface area contributed by atoms with Crippen molar-refractivity contribution < 1.29 is 34.8 Å². The number of carboxylic acid groups (broad SMARTS) is 2. The highest BCUT2D eigenvalue weighted by Crippen LogP contribution is 2.00. The summed E-state index contributed by atoms with van der Waals surface area (Å²) < 4.78 is 4.40. The summed E-state index contributed by atoms with van der Waals surface area (Å²) in [6.45, 7) is -0.794. The van der Waals surface area contributed by atoms with Crippen LogP contribution in [0, 0.1) is 0 Å². The summed E-state index contributed by atoms with van der Waals surface area (Å²) in [4.78, 5) is 20.5. The van der Waals surface area contributed by atoms with Gasteiger partial charge in [-0.25, -0.2) is 9.59 Å². The molecule has 0 radical (unpaired) electrons. The maximum absolute atomic E-state index is 10.3. The fourth-order valence-corrected chi connectivity index (χ4v) is 0.607. The molecule has 0 spiro atoms. The minimum Gasteiger partial charge on any atom is -0.479 e. The van der Waals surface area contributed by atoms with Crippen LogP contribution in [0.3, 0.4) is 0 Å². The summed E-state index contributed by atoms with van der Waals surface area (Å²) in [5, 5.41) is 33.7. The zero-order chi connectivity index (χ0) is 10.4. The second-order valence-electron chi connectivity index (χ2n) is 2.14. The molecule has 0 saturated heterocycles. The number of hydrogen-bond donors (Lipinski definition) is 4. The lowest BCUT2D eigenvalue weighted by Gasteiger charge is -2.15. The molecule has 0 bridgehead atoms. The van der Waals surface area contributed by atoms with Crippen molar-refractivity contribution in [3.05, 3.63) is 0 Å². The standard InChI is InChI=1S/C6H10O7/c7-1-2-13-4(6(11)12)3(8)5(9)10/h3-4,7-8H,1-2H2,(H,9,10)(H,11,12). The lowest BCUT2D eigenvalue weighted by atomic mass is 10.2. The van der Waals surface area contributed by atoms with E-state index in [1.807, 2.05) is 0 Å². The van der Waals surface area contributed by atoms with Gasteiger partial charge in [0, 0.05) is 0 Å². The third-order valence-electron chi connectivity index (χ3n) is 1.17. The topological polar surface area (TPSA) is 124 Å². The van der Waals surface area contributed by atoms with Gasteiger partial charge in [0.25, 0.3) is 0 Å². The first-order valence-electron chi connectivity index (χ1n) is 3.36. The number of ether oxygens (including phenoxy) is 1. The molecular formula is C6H10O7. The molecule has 0 aromatic carbocycles. The molecule has 76 valence electrons. The van der Waals surface area contributed by atoms with E-state index in [1.165, 1.54) is 0 Å². The molecule has 0 amide bonds. The fraction of sp³-hybridized carbons (Fsp3) is 0.667. The maximum Gasteiger partial charge on any atom is 0.336 e. The number of aliphatic hydroxyl groups excluding tert-OH is 2. The Morgan fingerprint density at radius 2 is 1.77 bits per heavy atom. The number of rotatable bonds is 6. The normalized spacial score (nSPS) is 14.9. The van der Waals surface area contributed by atoms with Crippen molar-refractivity contribution >= 4 is 11.9 Å². The van der Waals surface area contributed by atoms with Crippen LogP contribution < -0.4 is 0 Å². The van der Waals surface area contributed by atoms with Gasteiger partial charge in [-0.1, -0.05) is 0 Å².